The maximum atomic E-state index is 11.7. The number of ether oxygens (including phenoxy) is 3. The van der Waals surface area contributed by atoms with Crippen LogP contribution >= 0.6 is 0 Å². The molecule has 4 nitrogen and oxygen atoms in total. The third-order valence-electron chi connectivity index (χ3n) is 2.99. The number of rotatable bonds is 6. The van der Waals surface area contributed by atoms with E-state index in [9.17, 15) is 4.79 Å². The summed E-state index contributed by atoms with van der Waals surface area (Å²) >= 11 is 0. The van der Waals surface area contributed by atoms with Gasteiger partial charge in [-0.2, -0.15) is 0 Å². The summed E-state index contributed by atoms with van der Waals surface area (Å²) in [6, 6.07) is 15.0. The van der Waals surface area contributed by atoms with Crippen LogP contribution in [0.3, 0.4) is 0 Å². The van der Waals surface area contributed by atoms with Crippen molar-refractivity contribution >= 4 is 12.0 Å². The highest BCUT2D eigenvalue weighted by molar-refractivity contribution is 5.90. The molecule has 2 aromatic rings. The molecule has 4 heteroatoms. The fraction of sp³-hybridized carbons (Fsp3) is 0.167. The second-order valence-electron chi connectivity index (χ2n) is 4.60. The van der Waals surface area contributed by atoms with Gasteiger partial charge in [0.05, 0.1) is 26.0 Å². The molecule has 0 aliphatic carbocycles. The molecule has 114 valence electrons. The highest BCUT2D eigenvalue weighted by Gasteiger charge is 2.09. The standard InChI is InChI=1S/C18H18O4/c1-20-9-8-15-10-16(18(19)21-2)12-17(11-15)22-13-14-6-4-3-5-7-14/h3-12H,13H2,1-2H3/b9-8+. The van der Waals surface area contributed by atoms with Gasteiger partial charge in [0.25, 0.3) is 0 Å². The second-order valence-corrected chi connectivity index (χ2v) is 4.60. The van der Waals surface area contributed by atoms with E-state index in [1.54, 1.807) is 25.3 Å². The van der Waals surface area contributed by atoms with Gasteiger partial charge in [0, 0.05) is 0 Å². The van der Waals surface area contributed by atoms with Crippen LogP contribution in [-0.4, -0.2) is 20.2 Å². The Morgan fingerprint density at radius 1 is 1.09 bits per heavy atom. The van der Waals surface area contributed by atoms with E-state index in [4.69, 9.17) is 14.2 Å². The molecule has 0 bridgehead atoms. The molecule has 0 radical (unpaired) electrons. The number of hydrogen-bond acceptors (Lipinski definition) is 4. The van der Waals surface area contributed by atoms with Crippen LogP contribution < -0.4 is 4.74 Å². The minimum Gasteiger partial charge on any atom is -0.504 e. The van der Waals surface area contributed by atoms with Crippen molar-refractivity contribution in [3.05, 3.63) is 71.5 Å². The Balaban J connectivity index is 2.21. The molecular formula is C18H18O4. The lowest BCUT2D eigenvalue weighted by Gasteiger charge is -2.09. The summed E-state index contributed by atoms with van der Waals surface area (Å²) < 4.78 is 15.4. The molecule has 0 aliphatic rings. The minimum atomic E-state index is -0.405. The van der Waals surface area contributed by atoms with Gasteiger partial charge in [-0.15, -0.1) is 0 Å². The zero-order chi connectivity index (χ0) is 15.8. The van der Waals surface area contributed by atoms with E-state index in [0.717, 1.165) is 11.1 Å². The molecule has 2 aromatic carbocycles. The molecular weight excluding hydrogens is 280 g/mol. The molecule has 22 heavy (non-hydrogen) atoms. The molecule has 0 spiro atoms. The number of benzene rings is 2. The molecule has 0 saturated heterocycles. The normalized spacial score (nSPS) is 10.5. The minimum absolute atomic E-state index is 0.405. The average molecular weight is 298 g/mol. The summed E-state index contributed by atoms with van der Waals surface area (Å²) in [7, 11) is 2.91. The predicted octanol–water partition coefficient (Wildman–Crippen LogP) is 3.67. The number of methoxy groups -OCH3 is 2. The van der Waals surface area contributed by atoms with E-state index in [1.165, 1.54) is 13.4 Å². The van der Waals surface area contributed by atoms with Gasteiger partial charge in [-0.05, 0) is 35.4 Å². The van der Waals surface area contributed by atoms with E-state index >= 15 is 0 Å². The van der Waals surface area contributed by atoms with E-state index < -0.39 is 5.97 Å². The van der Waals surface area contributed by atoms with Gasteiger partial charge >= 0.3 is 5.97 Å². The Morgan fingerprint density at radius 2 is 1.86 bits per heavy atom. The monoisotopic (exact) mass is 298 g/mol. The molecule has 0 unspecified atom stereocenters. The van der Waals surface area contributed by atoms with Crippen molar-refractivity contribution in [1.29, 1.82) is 0 Å². The van der Waals surface area contributed by atoms with Crippen LogP contribution in [-0.2, 0) is 16.1 Å². The maximum Gasteiger partial charge on any atom is 0.338 e. The van der Waals surface area contributed by atoms with Gasteiger partial charge in [-0.25, -0.2) is 4.79 Å². The van der Waals surface area contributed by atoms with Crippen LogP contribution in [0.2, 0.25) is 0 Å². The molecule has 0 heterocycles. The summed E-state index contributed by atoms with van der Waals surface area (Å²) in [5, 5.41) is 0. The Labute approximate surface area is 129 Å². The van der Waals surface area contributed by atoms with E-state index in [1.807, 2.05) is 36.4 Å². The van der Waals surface area contributed by atoms with E-state index in [0.29, 0.717) is 17.9 Å². The Bertz CT molecular complexity index is 647. The Hall–Kier alpha value is -2.75. The van der Waals surface area contributed by atoms with Crippen molar-refractivity contribution in [1.82, 2.24) is 0 Å². The Kier molecular flexibility index (Phi) is 5.60. The summed E-state index contributed by atoms with van der Waals surface area (Å²) in [5.41, 5.74) is 2.29. The van der Waals surface area contributed by atoms with E-state index in [2.05, 4.69) is 0 Å². The summed E-state index contributed by atoms with van der Waals surface area (Å²) in [4.78, 5) is 11.7. The van der Waals surface area contributed by atoms with Gasteiger partial charge in [0.1, 0.15) is 12.4 Å². The topological polar surface area (TPSA) is 44.8 Å². The van der Waals surface area contributed by atoms with Crippen LogP contribution in [0.25, 0.3) is 6.08 Å². The quantitative estimate of drug-likeness (QED) is 0.603. The molecule has 0 aromatic heterocycles. The molecule has 0 N–H and O–H groups in total. The average Bonchev–Trinajstić information content (AvgIpc) is 2.58. The Morgan fingerprint density at radius 3 is 2.55 bits per heavy atom. The summed E-state index contributed by atoms with van der Waals surface area (Å²) in [6.07, 6.45) is 3.29. The number of carbonyl (C=O) groups is 1. The maximum absolute atomic E-state index is 11.7. The fourth-order valence-corrected chi connectivity index (χ4v) is 1.92. The molecule has 2 rings (SSSR count). The summed E-state index contributed by atoms with van der Waals surface area (Å²) in [6.45, 7) is 0.429. The number of esters is 1. The van der Waals surface area contributed by atoms with Crippen LogP contribution in [0.15, 0.2) is 54.8 Å². The summed E-state index contributed by atoms with van der Waals surface area (Å²) in [5.74, 6) is 0.194. The van der Waals surface area contributed by atoms with Crippen molar-refractivity contribution < 1.29 is 19.0 Å². The van der Waals surface area contributed by atoms with Gasteiger partial charge in [-0.3, -0.25) is 0 Å². The smallest absolute Gasteiger partial charge is 0.338 e. The van der Waals surface area contributed by atoms with Crippen molar-refractivity contribution in [3.63, 3.8) is 0 Å². The largest absolute Gasteiger partial charge is 0.504 e. The SMILES string of the molecule is CO/C=C/c1cc(OCc2ccccc2)cc(C(=O)OC)c1. The molecule has 0 fully saturated rings. The fourth-order valence-electron chi connectivity index (χ4n) is 1.92. The first-order valence-corrected chi connectivity index (χ1v) is 6.82. The first-order chi connectivity index (χ1) is 10.7. The van der Waals surface area contributed by atoms with E-state index in [-0.39, 0.29) is 0 Å². The van der Waals surface area contributed by atoms with Crippen LogP contribution in [0.5, 0.6) is 5.75 Å². The van der Waals surface area contributed by atoms with Crippen molar-refractivity contribution in [3.8, 4) is 5.75 Å². The van der Waals surface area contributed by atoms with Gasteiger partial charge < -0.3 is 14.2 Å². The van der Waals surface area contributed by atoms with Crippen LogP contribution in [0.1, 0.15) is 21.5 Å². The van der Waals surface area contributed by atoms with Gasteiger partial charge in [-0.1, -0.05) is 30.3 Å². The molecule has 0 aliphatic heterocycles. The third-order valence-corrected chi connectivity index (χ3v) is 2.99. The van der Waals surface area contributed by atoms with Crippen molar-refractivity contribution in [2.75, 3.05) is 14.2 Å². The van der Waals surface area contributed by atoms with Crippen molar-refractivity contribution in [2.45, 2.75) is 6.61 Å². The number of carbonyl (C=O) groups excluding carboxylic acids is 1. The first kappa shape index (κ1) is 15.6. The molecule has 0 atom stereocenters. The van der Waals surface area contributed by atoms with Crippen molar-refractivity contribution in [2.24, 2.45) is 0 Å². The van der Waals surface area contributed by atoms with Gasteiger partial charge in [0.2, 0.25) is 0 Å². The highest BCUT2D eigenvalue weighted by Crippen LogP contribution is 2.20. The zero-order valence-corrected chi connectivity index (χ0v) is 12.6. The lowest BCUT2D eigenvalue weighted by Crippen LogP contribution is -2.03. The first-order valence-electron chi connectivity index (χ1n) is 6.82. The zero-order valence-electron chi connectivity index (χ0n) is 12.6. The third kappa shape index (κ3) is 4.38. The second kappa shape index (κ2) is 7.88. The highest BCUT2D eigenvalue weighted by atomic mass is 16.5. The lowest BCUT2D eigenvalue weighted by molar-refractivity contribution is 0.0600. The number of hydrogen-bond donors (Lipinski definition) is 0. The molecule has 0 amide bonds. The predicted molar refractivity (Wildman–Crippen MR) is 84.6 cm³/mol. The van der Waals surface area contributed by atoms with Crippen LogP contribution in [0, 0.1) is 0 Å². The molecule has 0 saturated carbocycles. The van der Waals surface area contributed by atoms with Crippen LogP contribution in [0.4, 0.5) is 0 Å². The lowest BCUT2D eigenvalue weighted by atomic mass is 10.1. The van der Waals surface area contributed by atoms with Gasteiger partial charge in [0.15, 0.2) is 0 Å².